The number of H-pyrrole nitrogens is 2. The molecule has 0 spiro atoms. The second kappa shape index (κ2) is 11.6. The van der Waals surface area contributed by atoms with Crippen LogP contribution in [-0.2, 0) is 19.6 Å². The molecular weight excluding hydrogens is 488 g/mol. The molecule has 2 aromatic heterocycles. The summed E-state index contributed by atoms with van der Waals surface area (Å²) in [7, 11) is -0.778. The molecule has 0 bridgehead atoms. The van der Waals surface area contributed by atoms with Gasteiger partial charge in [0.15, 0.2) is 0 Å². The number of carboxylic acid groups (broad SMARTS) is 1. The first-order valence-electron chi connectivity index (χ1n) is 11.4. The highest BCUT2D eigenvalue weighted by Crippen LogP contribution is 2.25. The van der Waals surface area contributed by atoms with E-state index in [0.717, 1.165) is 0 Å². The number of hydrogen-bond donors (Lipinski definition) is 2. The predicted octanol–water partition coefficient (Wildman–Crippen LogP) is 2.03. The summed E-state index contributed by atoms with van der Waals surface area (Å²) >= 11 is 0. The summed E-state index contributed by atoms with van der Waals surface area (Å²) in [6.45, 7) is 7.38. The third-order valence-electron chi connectivity index (χ3n) is 5.12. The molecule has 3 aromatic rings. The third kappa shape index (κ3) is 7.31. The zero-order valence-electron chi connectivity index (χ0n) is 21.4. The summed E-state index contributed by atoms with van der Waals surface area (Å²) in [5.74, 6) is -0.961. The Morgan fingerprint density at radius 2 is 1.75 bits per heavy atom. The molecule has 0 saturated carbocycles. The number of aliphatic carboxylic acids is 1. The molecule has 2 N–H and O–H groups in total. The van der Waals surface area contributed by atoms with E-state index >= 15 is 0 Å². The number of rotatable bonds is 7. The van der Waals surface area contributed by atoms with Crippen molar-refractivity contribution < 1.29 is 27.9 Å². The molecule has 0 aliphatic rings. The van der Waals surface area contributed by atoms with Gasteiger partial charge in [0.1, 0.15) is 11.1 Å². The van der Waals surface area contributed by atoms with E-state index in [9.17, 15) is 27.9 Å². The van der Waals surface area contributed by atoms with Crippen LogP contribution >= 0.6 is 0 Å². The number of pyridine rings is 1. The molecular formula is C24H33N4O7S-. The maximum absolute atomic E-state index is 13.0. The lowest BCUT2D eigenvalue weighted by Crippen LogP contribution is -2.39. The number of fused-ring (bicyclic) bond motifs is 3. The average molecular weight is 522 g/mol. The van der Waals surface area contributed by atoms with E-state index in [4.69, 9.17) is 4.74 Å². The average Bonchev–Trinajstić information content (AvgIpc) is 3.27. The minimum Gasteiger partial charge on any atom is -0.550 e. The van der Waals surface area contributed by atoms with Gasteiger partial charge in [-0.2, -0.15) is 4.31 Å². The van der Waals surface area contributed by atoms with Crippen LogP contribution in [0.3, 0.4) is 0 Å². The summed E-state index contributed by atoms with van der Waals surface area (Å²) in [5, 5.41) is 10.8. The number of amides is 1. The maximum Gasteiger partial charge on any atom is 0.410 e. The quantitative estimate of drug-likeness (QED) is 0.482. The number of carboxylic acids is 1. The van der Waals surface area contributed by atoms with Crippen LogP contribution < -0.4 is 10.7 Å². The first-order chi connectivity index (χ1) is 16.7. The first kappa shape index (κ1) is 28.9. The molecule has 11 nitrogen and oxygen atoms in total. The third-order valence-corrected chi connectivity index (χ3v) is 6.97. The fraction of sp³-hybridized carbons (Fsp3) is 0.458. The van der Waals surface area contributed by atoms with Gasteiger partial charge in [-0.25, -0.2) is 13.2 Å². The van der Waals surface area contributed by atoms with E-state index in [0.29, 0.717) is 28.2 Å². The Kier molecular flexibility index (Phi) is 9.27. The Hall–Kier alpha value is -3.38. The Morgan fingerprint density at radius 3 is 2.31 bits per heavy atom. The van der Waals surface area contributed by atoms with Crippen molar-refractivity contribution in [2.45, 2.75) is 51.0 Å². The maximum atomic E-state index is 13.0. The van der Waals surface area contributed by atoms with Crippen molar-refractivity contribution >= 4 is 43.9 Å². The lowest BCUT2D eigenvalue weighted by Gasteiger charge is -2.26. The van der Waals surface area contributed by atoms with Gasteiger partial charge in [-0.05, 0) is 51.5 Å². The summed E-state index contributed by atoms with van der Waals surface area (Å²) in [5.41, 5.74) is 0.0574. The van der Waals surface area contributed by atoms with Gasteiger partial charge >= 0.3 is 6.09 Å². The predicted molar refractivity (Wildman–Crippen MR) is 135 cm³/mol. The van der Waals surface area contributed by atoms with Gasteiger partial charge in [-0.15, -0.1) is 0 Å². The van der Waals surface area contributed by atoms with E-state index in [1.54, 1.807) is 59.1 Å². The lowest BCUT2D eigenvalue weighted by molar-refractivity contribution is -0.305. The van der Waals surface area contributed by atoms with Gasteiger partial charge in [0.25, 0.3) is 5.56 Å². The summed E-state index contributed by atoms with van der Waals surface area (Å²) < 4.78 is 32.5. The molecule has 1 aromatic carbocycles. The topological polar surface area (TPSA) is 156 Å². The smallest absolute Gasteiger partial charge is 0.410 e. The Balaban J connectivity index is 0.000000678. The number of nitrogens with zero attached hydrogens (tertiary/aromatic N) is 2. The van der Waals surface area contributed by atoms with Gasteiger partial charge in [0.05, 0.1) is 4.90 Å². The Labute approximate surface area is 210 Å². The molecule has 12 heteroatoms. The van der Waals surface area contributed by atoms with Gasteiger partial charge < -0.3 is 29.5 Å². The Morgan fingerprint density at radius 1 is 1.08 bits per heavy atom. The van der Waals surface area contributed by atoms with E-state index in [1.807, 2.05) is 0 Å². The van der Waals surface area contributed by atoms with E-state index < -0.39 is 27.7 Å². The van der Waals surface area contributed by atoms with Crippen LogP contribution in [0.5, 0.6) is 0 Å². The molecule has 0 fully saturated rings. The minimum absolute atomic E-state index is 0.0985. The highest BCUT2D eigenvalue weighted by Gasteiger charge is 2.24. The number of carbonyl (C=O) groups is 2. The molecule has 1 amide bonds. The molecule has 0 atom stereocenters. The van der Waals surface area contributed by atoms with Crippen molar-refractivity contribution in [1.82, 2.24) is 19.2 Å². The number of sulfonamides is 1. The van der Waals surface area contributed by atoms with Crippen molar-refractivity contribution in [1.29, 1.82) is 0 Å². The van der Waals surface area contributed by atoms with Crippen molar-refractivity contribution in [3.63, 3.8) is 0 Å². The number of benzene rings is 1. The summed E-state index contributed by atoms with van der Waals surface area (Å²) in [4.78, 5) is 40.7. The fourth-order valence-electron chi connectivity index (χ4n) is 3.21. The van der Waals surface area contributed by atoms with Crippen LogP contribution in [0.1, 0.15) is 40.5 Å². The van der Waals surface area contributed by atoms with Crippen LogP contribution in [0, 0.1) is 0 Å². The first-order valence-corrected chi connectivity index (χ1v) is 12.8. The standard InChI is InChI=1S/C20H26N4O5S.C4H8O2/c1-20(2,3)29-19(26)23(4)10-11-24(5)30(27,28)13-6-7-16-15(12-13)14-8-9-21-17(14)18(25)22-16;1-2-3-4(5)6/h6-9,12,21H,10-11H2,1-5H3,(H,22,25);2-3H2,1H3,(H,5,6)/p-1. The summed E-state index contributed by atoms with van der Waals surface area (Å²) in [6, 6.07) is 6.32. The largest absolute Gasteiger partial charge is 0.550 e. The van der Waals surface area contributed by atoms with Gasteiger partial charge in [0, 0.05) is 55.6 Å². The zero-order chi connectivity index (χ0) is 27.3. The Bertz CT molecular complexity index is 1390. The van der Waals surface area contributed by atoms with Crippen LogP contribution in [0.15, 0.2) is 40.2 Å². The second-order valence-corrected chi connectivity index (χ2v) is 11.3. The molecule has 36 heavy (non-hydrogen) atoms. The van der Waals surface area contributed by atoms with E-state index in [2.05, 4.69) is 9.97 Å². The number of aromatic amines is 2. The monoisotopic (exact) mass is 521 g/mol. The van der Waals surface area contributed by atoms with E-state index in [1.165, 1.54) is 22.3 Å². The number of ether oxygens (including phenoxy) is 1. The molecule has 0 unspecified atom stereocenters. The number of nitrogens with one attached hydrogen (secondary N) is 2. The number of likely N-dealkylation sites (N-methyl/N-ethyl adjacent to an activating group) is 2. The molecule has 2 heterocycles. The lowest BCUT2D eigenvalue weighted by atomic mass is 10.1. The van der Waals surface area contributed by atoms with Crippen molar-refractivity contribution in [3.8, 4) is 0 Å². The molecule has 0 aliphatic carbocycles. The van der Waals surface area contributed by atoms with Gasteiger partial charge in [-0.3, -0.25) is 4.79 Å². The SMILES string of the molecule is CCCC(=O)[O-].CN(CCN(C)S(=O)(=O)c1ccc2[nH]c(=O)c3[nH]ccc3c2c1)C(=O)OC(C)(C)C. The molecule has 0 aliphatic heterocycles. The summed E-state index contributed by atoms with van der Waals surface area (Å²) in [6.07, 6.45) is 1.97. The normalized spacial score (nSPS) is 11.9. The fourth-order valence-corrected chi connectivity index (χ4v) is 4.40. The second-order valence-electron chi connectivity index (χ2n) is 9.28. The van der Waals surface area contributed by atoms with Crippen LogP contribution in [-0.4, -0.2) is 72.4 Å². The van der Waals surface area contributed by atoms with Crippen molar-refractivity contribution in [2.24, 2.45) is 0 Å². The highest BCUT2D eigenvalue weighted by atomic mass is 32.2. The molecule has 3 rings (SSSR count). The number of aromatic nitrogens is 2. The number of hydrogen-bond acceptors (Lipinski definition) is 7. The van der Waals surface area contributed by atoms with Crippen LogP contribution in [0.4, 0.5) is 4.79 Å². The van der Waals surface area contributed by atoms with Crippen molar-refractivity contribution in [3.05, 3.63) is 40.8 Å². The van der Waals surface area contributed by atoms with Gasteiger partial charge in [0.2, 0.25) is 10.0 Å². The molecule has 0 saturated heterocycles. The van der Waals surface area contributed by atoms with Crippen molar-refractivity contribution in [2.75, 3.05) is 27.2 Å². The van der Waals surface area contributed by atoms with Crippen LogP contribution in [0.25, 0.3) is 21.8 Å². The molecule has 0 radical (unpaired) electrons. The highest BCUT2D eigenvalue weighted by molar-refractivity contribution is 7.89. The van der Waals surface area contributed by atoms with E-state index in [-0.39, 0.29) is 30.0 Å². The molecule has 198 valence electrons. The number of carbonyl (C=O) groups excluding carboxylic acids is 2. The van der Waals surface area contributed by atoms with Gasteiger partial charge in [-0.1, -0.05) is 13.3 Å². The minimum atomic E-state index is -3.80. The van der Waals surface area contributed by atoms with Crippen LogP contribution in [0.2, 0.25) is 0 Å². The zero-order valence-corrected chi connectivity index (χ0v) is 22.2.